The number of imide groups is 1. The summed E-state index contributed by atoms with van der Waals surface area (Å²) in [7, 11) is 0. The highest BCUT2D eigenvalue weighted by atomic mass is 16.5. The van der Waals surface area contributed by atoms with Crippen molar-refractivity contribution in [2.24, 2.45) is 5.92 Å². The molecule has 7 nitrogen and oxygen atoms in total. The number of nitrogens with one attached hydrogen (secondary N) is 2. The van der Waals surface area contributed by atoms with Gasteiger partial charge < -0.3 is 14.8 Å². The Labute approximate surface area is 170 Å². The van der Waals surface area contributed by atoms with Crippen molar-refractivity contribution in [2.75, 3.05) is 13.2 Å². The molecule has 0 spiro atoms. The van der Waals surface area contributed by atoms with Crippen LogP contribution in [0, 0.1) is 5.92 Å². The first-order valence-electron chi connectivity index (χ1n) is 9.46. The zero-order chi connectivity index (χ0) is 21.1. The highest BCUT2D eigenvalue weighted by Gasteiger charge is 2.15. The summed E-state index contributed by atoms with van der Waals surface area (Å²) in [5, 5.41) is 4.71. The minimum absolute atomic E-state index is 0.180. The average Bonchev–Trinajstić information content (AvgIpc) is 2.71. The Morgan fingerprint density at radius 2 is 1.66 bits per heavy atom. The van der Waals surface area contributed by atoms with Crippen LogP contribution < -0.4 is 15.4 Å². The van der Waals surface area contributed by atoms with Gasteiger partial charge in [-0.3, -0.25) is 10.1 Å². The molecule has 0 heterocycles. The number of ether oxygens (including phenoxy) is 2. The summed E-state index contributed by atoms with van der Waals surface area (Å²) in [6.07, 6.45) is 0.804. The Hall–Kier alpha value is -3.35. The molecule has 0 bridgehead atoms. The summed E-state index contributed by atoms with van der Waals surface area (Å²) in [6.45, 7) is 4.16. The lowest BCUT2D eigenvalue weighted by Gasteiger charge is -2.11. The molecule has 2 N–H and O–H groups in total. The van der Waals surface area contributed by atoms with E-state index in [0.29, 0.717) is 29.3 Å². The maximum absolute atomic E-state index is 12.4. The van der Waals surface area contributed by atoms with E-state index in [4.69, 9.17) is 9.47 Å². The summed E-state index contributed by atoms with van der Waals surface area (Å²) >= 11 is 0. The molecule has 0 aliphatic heterocycles. The van der Waals surface area contributed by atoms with Gasteiger partial charge in [0.1, 0.15) is 12.4 Å². The van der Waals surface area contributed by atoms with Crippen LogP contribution >= 0.6 is 0 Å². The van der Waals surface area contributed by atoms with E-state index >= 15 is 0 Å². The Morgan fingerprint density at radius 3 is 2.38 bits per heavy atom. The lowest BCUT2D eigenvalue weighted by molar-refractivity contribution is -0.123. The van der Waals surface area contributed by atoms with Crippen LogP contribution in [0.3, 0.4) is 0 Å². The van der Waals surface area contributed by atoms with Crippen LogP contribution in [0.4, 0.5) is 4.79 Å². The van der Waals surface area contributed by atoms with Gasteiger partial charge in [0.2, 0.25) is 0 Å². The number of para-hydroxylation sites is 1. The van der Waals surface area contributed by atoms with Gasteiger partial charge in [0.25, 0.3) is 5.91 Å². The number of hydrogen-bond acceptors (Lipinski definition) is 5. The highest BCUT2D eigenvalue weighted by molar-refractivity contribution is 5.97. The van der Waals surface area contributed by atoms with Gasteiger partial charge in [0.15, 0.2) is 6.61 Å². The third kappa shape index (κ3) is 8.04. The van der Waals surface area contributed by atoms with E-state index in [1.807, 2.05) is 44.2 Å². The van der Waals surface area contributed by atoms with E-state index in [2.05, 4.69) is 10.6 Å². The zero-order valence-corrected chi connectivity index (χ0v) is 16.6. The number of carbonyl (C=O) groups excluding carboxylic acids is 3. The number of hydrogen-bond donors (Lipinski definition) is 2. The second-order valence-corrected chi connectivity index (χ2v) is 6.82. The molecule has 0 atom stereocenters. The topological polar surface area (TPSA) is 93.7 Å². The van der Waals surface area contributed by atoms with Crippen LogP contribution in [0.1, 0.15) is 36.2 Å². The van der Waals surface area contributed by atoms with Gasteiger partial charge in [-0.2, -0.15) is 0 Å². The highest BCUT2D eigenvalue weighted by Crippen LogP contribution is 2.15. The third-order valence-corrected chi connectivity index (χ3v) is 3.97. The Balaban J connectivity index is 1.82. The summed E-state index contributed by atoms with van der Waals surface area (Å²) in [5.74, 6) is -0.234. The van der Waals surface area contributed by atoms with Crippen LogP contribution in [0.15, 0.2) is 54.6 Å². The van der Waals surface area contributed by atoms with Crippen LogP contribution in [0.5, 0.6) is 5.75 Å². The Morgan fingerprint density at radius 1 is 0.966 bits per heavy atom. The molecule has 3 amide bonds. The molecule has 7 heteroatoms. The summed E-state index contributed by atoms with van der Waals surface area (Å²) < 4.78 is 10.7. The molecule has 0 aliphatic carbocycles. The van der Waals surface area contributed by atoms with Crippen LogP contribution in [-0.4, -0.2) is 31.1 Å². The molecule has 0 saturated heterocycles. The van der Waals surface area contributed by atoms with Crippen molar-refractivity contribution in [3.05, 3.63) is 65.7 Å². The molecule has 0 radical (unpaired) electrons. The summed E-state index contributed by atoms with van der Waals surface area (Å²) in [5.41, 5.74) is 0.936. The van der Waals surface area contributed by atoms with E-state index in [1.165, 1.54) is 0 Å². The van der Waals surface area contributed by atoms with Gasteiger partial charge in [0.05, 0.1) is 5.56 Å². The van der Waals surface area contributed by atoms with E-state index < -0.39 is 24.5 Å². The molecule has 2 aromatic carbocycles. The summed E-state index contributed by atoms with van der Waals surface area (Å²) in [4.78, 5) is 35.8. The standard InChI is InChI=1S/C22H26N2O5/c1-16(2)12-13-23-22(27)24-20(25)15-29-21(26)19-11-7-6-8-17(19)14-28-18-9-4-3-5-10-18/h3-11,16H,12-15H2,1-2H3,(H2,23,24,25,27). The number of urea groups is 1. The molecular formula is C22H26N2O5. The van der Waals surface area contributed by atoms with Crippen molar-refractivity contribution in [1.29, 1.82) is 0 Å². The SMILES string of the molecule is CC(C)CCNC(=O)NC(=O)COC(=O)c1ccccc1COc1ccccc1. The van der Waals surface area contributed by atoms with Crippen molar-refractivity contribution in [3.8, 4) is 5.75 Å². The van der Waals surface area contributed by atoms with Crippen LogP contribution in [-0.2, 0) is 16.1 Å². The lowest BCUT2D eigenvalue weighted by Crippen LogP contribution is -2.42. The van der Waals surface area contributed by atoms with E-state index in [9.17, 15) is 14.4 Å². The second kappa shape index (κ2) is 11.5. The number of benzene rings is 2. The number of rotatable bonds is 9. The van der Waals surface area contributed by atoms with Crippen molar-refractivity contribution in [1.82, 2.24) is 10.6 Å². The predicted octanol–water partition coefficient (Wildman–Crippen LogP) is 3.29. The normalized spacial score (nSPS) is 10.3. The molecule has 29 heavy (non-hydrogen) atoms. The molecule has 2 aromatic rings. The molecule has 0 aliphatic rings. The van der Waals surface area contributed by atoms with E-state index in [0.717, 1.165) is 6.42 Å². The van der Waals surface area contributed by atoms with Gasteiger partial charge in [-0.25, -0.2) is 9.59 Å². The zero-order valence-electron chi connectivity index (χ0n) is 16.6. The molecule has 0 fully saturated rings. The monoisotopic (exact) mass is 398 g/mol. The van der Waals surface area contributed by atoms with Gasteiger partial charge in [-0.1, -0.05) is 50.2 Å². The van der Waals surface area contributed by atoms with Gasteiger partial charge in [-0.05, 0) is 30.5 Å². The molecule has 0 aromatic heterocycles. The maximum atomic E-state index is 12.4. The van der Waals surface area contributed by atoms with Gasteiger partial charge in [0, 0.05) is 12.1 Å². The molecule has 0 saturated carbocycles. The van der Waals surface area contributed by atoms with Crippen molar-refractivity contribution in [2.45, 2.75) is 26.9 Å². The molecule has 154 valence electrons. The van der Waals surface area contributed by atoms with Gasteiger partial charge in [-0.15, -0.1) is 0 Å². The Kier molecular flexibility index (Phi) is 8.69. The predicted molar refractivity (Wildman–Crippen MR) is 108 cm³/mol. The lowest BCUT2D eigenvalue weighted by atomic mass is 10.1. The first kappa shape index (κ1) is 21.9. The first-order chi connectivity index (χ1) is 14.0. The summed E-state index contributed by atoms with van der Waals surface area (Å²) in [6, 6.07) is 15.5. The van der Waals surface area contributed by atoms with Gasteiger partial charge >= 0.3 is 12.0 Å². The molecular weight excluding hydrogens is 372 g/mol. The number of amides is 3. The minimum Gasteiger partial charge on any atom is -0.489 e. The molecule has 0 unspecified atom stereocenters. The first-order valence-corrected chi connectivity index (χ1v) is 9.46. The fraction of sp³-hybridized carbons (Fsp3) is 0.318. The van der Waals surface area contributed by atoms with Crippen molar-refractivity contribution < 1.29 is 23.9 Å². The van der Waals surface area contributed by atoms with E-state index in [1.54, 1.807) is 24.3 Å². The maximum Gasteiger partial charge on any atom is 0.339 e. The fourth-order valence-corrected chi connectivity index (χ4v) is 2.41. The largest absolute Gasteiger partial charge is 0.489 e. The minimum atomic E-state index is -0.696. The Bertz CT molecular complexity index is 821. The fourth-order valence-electron chi connectivity index (χ4n) is 2.41. The number of esters is 1. The van der Waals surface area contributed by atoms with Crippen LogP contribution in [0.25, 0.3) is 0 Å². The quantitative estimate of drug-likeness (QED) is 0.632. The smallest absolute Gasteiger partial charge is 0.339 e. The second-order valence-electron chi connectivity index (χ2n) is 6.82. The van der Waals surface area contributed by atoms with Crippen molar-refractivity contribution in [3.63, 3.8) is 0 Å². The van der Waals surface area contributed by atoms with Crippen LogP contribution in [0.2, 0.25) is 0 Å². The van der Waals surface area contributed by atoms with Crippen molar-refractivity contribution >= 4 is 17.9 Å². The average molecular weight is 398 g/mol. The van der Waals surface area contributed by atoms with E-state index in [-0.39, 0.29) is 6.61 Å². The molecule has 2 rings (SSSR count). The third-order valence-electron chi connectivity index (χ3n) is 3.97. The number of carbonyl (C=O) groups is 3.